The van der Waals surface area contributed by atoms with Crippen LogP contribution in [0.5, 0.6) is 0 Å². The monoisotopic (exact) mass is 981 g/mol. The molecular formula is C61H104O9. The molecule has 1 heterocycles. The van der Waals surface area contributed by atoms with Gasteiger partial charge in [-0.05, 0) is 96.3 Å². The second kappa shape index (κ2) is 51.0. The third-order valence-corrected chi connectivity index (χ3v) is 12.5. The Morgan fingerprint density at radius 1 is 0.471 bits per heavy atom. The van der Waals surface area contributed by atoms with Crippen LogP contribution in [0.2, 0.25) is 0 Å². The normalized spacial score (nSPS) is 19.7. The molecule has 0 radical (unpaired) electrons. The van der Waals surface area contributed by atoms with Gasteiger partial charge in [-0.3, -0.25) is 4.79 Å². The van der Waals surface area contributed by atoms with Crippen molar-refractivity contribution in [2.24, 2.45) is 0 Å². The first-order chi connectivity index (χ1) is 34.4. The molecule has 0 aromatic heterocycles. The molecule has 0 amide bonds. The van der Waals surface area contributed by atoms with Gasteiger partial charge in [0, 0.05) is 13.0 Å². The van der Waals surface area contributed by atoms with Crippen LogP contribution in [0.4, 0.5) is 0 Å². The van der Waals surface area contributed by atoms with Crippen LogP contribution < -0.4 is 0 Å². The number of rotatable bonds is 48. The summed E-state index contributed by atoms with van der Waals surface area (Å²) in [6.07, 6.45) is 64.4. The van der Waals surface area contributed by atoms with E-state index in [1.165, 1.54) is 103 Å². The molecule has 1 aliphatic heterocycles. The molecule has 9 nitrogen and oxygen atoms in total. The Morgan fingerprint density at radius 3 is 1.31 bits per heavy atom. The van der Waals surface area contributed by atoms with Crippen LogP contribution in [0.3, 0.4) is 0 Å². The first-order valence-corrected chi connectivity index (χ1v) is 28.3. The van der Waals surface area contributed by atoms with E-state index in [-0.39, 0.29) is 19.2 Å². The summed E-state index contributed by atoms with van der Waals surface area (Å²) in [7, 11) is 0. The second-order valence-electron chi connectivity index (χ2n) is 19.0. The molecule has 402 valence electrons. The van der Waals surface area contributed by atoms with Crippen LogP contribution in [0, 0.1) is 0 Å². The van der Waals surface area contributed by atoms with E-state index in [2.05, 4.69) is 111 Å². The Balaban J connectivity index is 2.20. The van der Waals surface area contributed by atoms with Crippen LogP contribution in [0.15, 0.2) is 97.2 Å². The van der Waals surface area contributed by atoms with Crippen LogP contribution in [0.1, 0.15) is 219 Å². The van der Waals surface area contributed by atoms with E-state index in [1.807, 2.05) is 0 Å². The van der Waals surface area contributed by atoms with Gasteiger partial charge < -0.3 is 39.4 Å². The molecule has 0 aliphatic carbocycles. The van der Waals surface area contributed by atoms with Gasteiger partial charge in [0.15, 0.2) is 6.29 Å². The van der Waals surface area contributed by atoms with Gasteiger partial charge in [-0.25, -0.2) is 0 Å². The van der Waals surface area contributed by atoms with E-state index in [0.29, 0.717) is 13.0 Å². The van der Waals surface area contributed by atoms with Gasteiger partial charge >= 0.3 is 5.97 Å². The van der Waals surface area contributed by atoms with Crippen molar-refractivity contribution in [3.05, 3.63) is 97.2 Å². The lowest BCUT2D eigenvalue weighted by molar-refractivity contribution is -0.305. The van der Waals surface area contributed by atoms with Crippen LogP contribution in [-0.2, 0) is 23.7 Å². The average molecular weight is 981 g/mol. The zero-order valence-corrected chi connectivity index (χ0v) is 44.5. The summed E-state index contributed by atoms with van der Waals surface area (Å²) in [6.45, 7) is 4.41. The van der Waals surface area contributed by atoms with E-state index in [0.717, 1.165) is 96.3 Å². The second-order valence-corrected chi connectivity index (χ2v) is 19.0. The van der Waals surface area contributed by atoms with Crippen molar-refractivity contribution in [3.63, 3.8) is 0 Å². The van der Waals surface area contributed by atoms with E-state index in [9.17, 15) is 25.2 Å². The summed E-state index contributed by atoms with van der Waals surface area (Å²) in [6, 6.07) is 0. The molecule has 1 rings (SSSR count). The number of carbonyl (C=O) groups is 1. The standard InChI is InChI=1S/C61H104O9/c1-3-5-7-9-11-13-15-17-19-21-23-25-27-28-29-30-32-34-36-38-40-42-44-46-48-50-57(63)69-55(54-68-61-60(66)59(65)58(64)56(52-62)70-61)53-67-51-49-47-45-43-41-39-37-35-33-31-26-24-22-20-18-16-14-12-10-8-6-4-2/h5,7,11,13,16-19,22-25,28-29,31,33,55-56,58-62,64-66H,3-4,6,8-10,12,14-15,20-21,26-27,30,32,34-54H2,1-2H3/b7-5-,13-11-,18-16-,19-17-,24-22-,25-23-,29-28-,33-31-. The number of aliphatic hydroxyl groups excluding tert-OH is 4. The number of carbonyl (C=O) groups excluding carboxylic acids is 1. The molecule has 0 spiro atoms. The highest BCUT2D eigenvalue weighted by Crippen LogP contribution is 2.23. The number of esters is 1. The summed E-state index contributed by atoms with van der Waals surface area (Å²) in [5, 5.41) is 40.4. The molecule has 1 fully saturated rings. The molecule has 4 N–H and O–H groups in total. The Hall–Kier alpha value is -2.89. The minimum Gasteiger partial charge on any atom is -0.457 e. The number of allylic oxidation sites excluding steroid dienone is 16. The van der Waals surface area contributed by atoms with Gasteiger partial charge in [0.05, 0.1) is 19.8 Å². The lowest BCUT2D eigenvalue weighted by Gasteiger charge is -2.39. The maximum absolute atomic E-state index is 12.9. The van der Waals surface area contributed by atoms with Gasteiger partial charge in [-0.2, -0.15) is 0 Å². The molecule has 0 bridgehead atoms. The molecule has 6 atom stereocenters. The molecular weight excluding hydrogens is 877 g/mol. The van der Waals surface area contributed by atoms with Gasteiger partial charge in [0.25, 0.3) is 0 Å². The SMILES string of the molecule is CC/C=C\C/C=C\C/C=C\C/C=C\C/C=C\CCCCCCCCCCCC(=O)OC(COCCCCCCCCC/C=C\C/C=C\C/C=C\CCCCCCC)COC1OC(CO)C(O)C(O)C1O. The zero-order chi connectivity index (χ0) is 50.6. The maximum atomic E-state index is 12.9. The largest absolute Gasteiger partial charge is 0.457 e. The number of hydrogen-bond acceptors (Lipinski definition) is 9. The van der Waals surface area contributed by atoms with Crippen LogP contribution in [-0.4, -0.2) is 89.6 Å². The van der Waals surface area contributed by atoms with Gasteiger partial charge in [0.1, 0.15) is 30.5 Å². The summed E-state index contributed by atoms with van der Waals surface area (Å²) >= 11 is 0. The third kappa shape index (κ3) is 40.7. The molecule has 0 aromatic rings. The number of unbranched alkanes of at least 4 members (excludes halogenated alkanes) is 21. The van der Waals surface area contributed by atoms with Crippen molar-refractivity contribution in [3.8, 4) is 0 Å². The Kier molecular flexibility index (Phi) is 47.5. The van der Waals surface area contributed by atoms with Crippen LogP contribution in [0.25, 0.3) is 0 Å². The highest BCUT2D eigenvalue weighted by atomic mass is 16.7. The first kappa shape index (κ1) is 65.1. The fraction of sp³-hybridized carbons (Fsp3) is 0.721. The predicted octanol–water partition coefficient (Wildman–Crippen LogP) is 14.7. The number of aliphatic hydroxyl groups is 4. The lowest BCUT2D eigenvalue weighted by Crippen LogP contribution is -2.59. The topological polar surface area (TPSA) is 135 Å². The molecule has 1 saturated heterocycles. The van der Waals surface area contributed by atoms with Gasteiger partial charge in [0.2, 0.25) is 0 Å². The lowest BCUT2D eigenvalue weighted by atomic mass is 9.99. The van der Waals surface area contributed by atoms with E-state index < -0.39 is 43.4 Å². The fourth-order valence-electron chi connectivity index (χ4n) is 8.11. The Morgan fingerprint density at radius 2 is 0.871 bits per heavy atom. The third-order valence-electron chi connectivity index (χ3n) is 12.5. The number of hydrogen-bond donors (Lipinski definition) is 4. The smallest absolute Gasteiger partial charge is 0.306 e. The minimum atomic E-state index is -1.55. The quantitative estimate of drug-likeness (QED) is 0.0267. The van der Waals surface area contributed by atoms with Crippen molar-refractivity contribution in [2.45, 2.75) is 256 Å². The zero-order valence-electron chi connectivity index (χ0n) is 44.5. The van der Waals surface area contributed by atoms with Crippen molar-refractivity contribution >= 4 is 5.97 Å². The van der Waals surface area contributed by atoms with E-state index in [4.69, 9.17) is 18.9 Å². The average Bonchev–Trinajstić information content (AvgIpc) is 3.36. The van der Waals surface area contributed by atoms with Crippen molar-refractivity contribution in [2.75, 3.05) is 26.4 Å². The highest BCUT2D eigenvalue weighted by molar-refractivity contribution is 5.69. The Bertz CT molecular complexity index is 1390. The van der Waals surface area contributed by atoms with Crippen molar-refractivity contribution < 1.29 is 44.2 Å². The fourth-order valence-corrected chi connectivity index (χ4v) is 8.11. The van der Waals surface area contributed by atoms with Crippen LogP contribution >= 0.6 is 0 Å². The predicted molar refractivity (Wildman–Crippen MR) is 293 cm³/mol. The molecule has 0 aromatic carbocycles. The molecule has 70 heavy (non-hydrogen) atoms. The van der Waals surface area contributed by atoms with E-state index in [1.54, 1.807) is 0 Å². The molecule has 6 unspecified atom stereocenters. The Labute approximate surface area is 428 Å². The van der Waals surface area contributed by atoms with E-state index >= 15 is 0 Å². The minimum absolute atomic E-state index is 0.125. The van der Waals surface area contributed by atoms with Crippen molar-refractivity contribution in [1.82, 2.24) is 0 Å². The summed E-state index contributed by atoms with van der Waals surface area (Å²) < 4.78 is 22.9. The summed E-state index contributed by atoms with van der Waals surface area (Å²) in [4.78, 5) is 12.9. The molecule has 0 saturated carbocycles. The number of ether oxygens (including phenoxy) is 4. The molecule has 9 heteroatoms. The summed E-state index contributed by atoms with van der Waals surface area (Å²) in [5.41, 5.74) is 0. The first-order valence-electron chi connectivity index (χ1n) is 28.3. The highest BCUT2D eigenvalue weighted by Gasteiger charge is 2.44. The summed E-state index contributed by atoms with van der Waals surface area (Å²) in [5.74, 6) is -0.326. The van der Waals surface area contributed by atoms with Crippen molar-refractivity contribution in [1.29, 1.82) is 0 Å². The van der Waals surface area contributed by atoms with Gasteiger partial charge in [-0.1, -0.05) is 214 Å². The molecule has 1 aliphatic rings. The van der Waals surface area contributed by atoms with Gasteiger partial charge in [-0.15, -0.1) is 0 Å². The maximum Gasteiger partial charge on any atom is 0.306 e.